The molecule has 0 atom stereocenters. The summed E-state index contributed by atoms with van der Waals surface area (Å²) in [5.41, 5.74) is 6.47. The lowest BCUT2D eigenvalue weighted by Crippen LogP contribution is -2.16. The summed E-state index contributed by atoms with van der Waals surface area (Å²) in [5, 5.41) is 3.50. The van der Waals surface area contributed by atoms with E-state index in [2.05, 4.69) is 51.3 Å². The van der Waals surface area contributed by atoms with Gasteiger partial charge in [0.1, 0.15) is 5.82 Å². The van der Waals surface area contributed by atoms with Gasteiger partial charge in [0.25, 0.3) is 0 Å². The SMILES string of the molecule is c1ccc(-c2cccc3c2-c2nc4ccccc4n2CN3)nc1. The molecule has 4 aromatic rings. The number of nitrogens with one attached hydrogen (secondary N) is 1. The van der Waals surface area contributed by atoms with Gasteiger partial charge in [0, 0.05) is 17.4 Å². The molecule has 0 fully saturated rings. The fourth-order valence-electron chi connectivity index (χ4n) is 3.27. The number of hydrogen-bond acceptors (Lipinski definition) is 3. The van der Waals surface area contributed by atoms with Crippen LogP contribution in [0.4, 0.5) is 5.69 Å². The van der Waals surface area contributed by atoms with Crippen molar-refractivity contribution in [1.29, 1.82) is 0 Å². The predicted molar refractivity (Wildman–Crippen MR) is 92.0 cm³/mol. The van der Waals surface area contributed by atoms with E-state index in [1.165, 1.54) is 0 Å². The Labute approximate surface area is 133 Å². The van der Waals surface area contributed by atoms with Crippen LogP contribution in [0, 0.1) is 0 Å². The van der Waals surface area contributed by atoms with E-state index >= 15 is 0 Å². The number of hydrogen-bond donors (Lipinski definition) is 1. The summed E-state index contributed by atoms with van der Waals surface area (Å²) in [5.74, 6) is 1.00. The first kappa shape index (κ1) is 12.4. The second-order valence-corrected chi connectivity index (χ2v) is 5.63. The molecule has 0 saturated heterocycles. The van der Waals surface area contributed by atoms with Gasteiger partial charge < -0.3 is 9.88 Å². The van der Waals surface area contributed by atoms with Crippen molar-refractivity contribution in [2.24, 2.45) is 0 Å². The van der Waals surface area contributed by atoms with Crippen molar-refractivity contribution in [3.63, 3.8) is 0 Å². The van der Waals surface area contributed by atoms with Crippen molar-refractivity contribution >= 4 is 16.7 Å². The Morgan fingerprint density at radius 1 is 0.913 bits per heavy atom. The lowest BCUT2D eigenvalue weighted by Gasteiger charge is -2.22. The van der Waals surface area contributed by atoms with Crippen LogP contribution in [0.15, 0.2) is 66.9 Å². The molecule has 3 heterocycles. The minimum absolute atomic E-state index is 0.731. The maximum Gasteiger partial charge on any atom is 0.145 e. The Morgan fingerprint density at radius 2 is 1.83 bits per heavy atom. The van der Waals surface area contributed by atoms with Gasteiger partial charge in [0.05, 0.1) is 29.0 Å². The van der Waals surface area contributed by atoms with Gasteiger partial charge in [-0.25, -0.2) is 4.98 Å². The second-order valence-electron chi connectivity index (χ2n) is 5.63. The van der Waals surface area contributed by atoms with E-state index in [1.807, 2.05) is 30.5 Å². The number of pyridine rings is 1. The second kappa shape index (κ2) is 4.68. The van der Waals surface area contributed by atoms with Crippen molar-refractivity contribution in [2.75, 3.05) is 5.32 Å². The Kier molecular flexibility index (Phi) is 2.52. The first-order valence-electron chi connectivity index (χ1n) is 7.66. The quantitative estimate of drug-likeness (QED) is 0.574. The highest BCUT2D eigenvalue weighted by atomic mass is 15.2. The highest BCUT2D eigenvalue weighted by molar-refractivity contribution is 5.93. The third kappa shape index (κ3) is 1.78. The third-order valence-electron chi connectivity index (χ3n) is 4.31. The van der Waals surface area contributed by atoms with Crippen LogP contribution < -0.4 is 5.32 Å². The number of para-hydroxylation sites is 2. The average Bonchev–Trinajstić information content (AvgIpc) is 3.01. The molecule has 110 valence electrons. The summed E-state index contributed by atoms with van der Waals surface area (Å²) in [4.78, 5) is 9.40. The van der Waals surface area contributed by atoms with E-state index in [9.17, 15) is 0 Å². The molecule has 0 aliphatic carbocycles. The molecule has 0 amide bonds. The molecule has 2 aromatic carbocycles. The standard InChI is InChI=1S/C19H14N4/c1-2-10-17-15(8-1)22-19-18-13(14-7-3-4-11-20-14)6-5-9-16(18)21-12-23(17)19/h1-11,21H,12H2. The van der Waals surface area contributed by atoms with Crippen LogP contribution in [-0.2, 0) is 6.67 Å². The molecular weight excluding hydrogens is 284 g/mol. The number of benzene rings is 2. The van der Waals surface area contributed by atoms with Crippen LogP contribution in [0.5, 0.6) is 0 Å². The minimum atomic E-state index is 0.731. The molecule has 0 radical (unpaired) electrons. The lowest BCUT2D eigenvalue weighted by molar-refractivity contribution is 0.794. The molecule has 1 aliphatic heterocycles. The van der Waals surface area contributed by atoms with Crippen LogP contribution in [-0.4, -0.2) is 14.5 Å². The van der Waals surface area contributed by atoms with Gasteiger partial charge in [0.2, 0.25) is 0 Å². The Balaban J connectivity index is 1.84. The highest BCUT2D eigenvalue weighted by Crippen LogP contribution is 2.40. The monoisotopic (exact) mass is 298 g/mol. The number of anilines is 1. The summed E-state index contributed by atoms with van der Waals surface area (Å²) < 4.78 is 2.23. The molecule has 0 bridgehead atoms. The molecule has 23 heavy (non-hydrogen) atoms. The molecule has 0 unspecified atom stereocenters. The highest BCUT2D eigenvalue weighted by Gasteiger charge is 2.23. The number of imidazole rings is 1. The van der Waals surface area contributed by atoms with Crippen molar-refractivity contribution in [3.05, 3.63) is 66.9 Å². The van der Waals surface area contributed by atoms with Gasteiger partial charge in [-0.05, 0) is 30.3 Å². The first-order valence-corrected chi connectivity index (χ1v) is 7.66. The van der Waals surface area contributed by atoms with E-state index in [-0.39, 0.29) is 0 Å². The summed E-state index contributed by atoms with van der Waals surface area (Å²) in [7, 11) is 0. The van der Waals surface area contributed by atoms with Crippen LogP contribution in [0.3, 0.4) is 0 Å². The maximum absolute atomic E-state index is 4.88. The molecule has 1 N–H and O–H groups in total. The zero-order valence-corrected chi connectivity index (χ0v) is 12.4. The minimum Gasteiger partial charge on any atom is -0.367 e. The smallest absolute Gasteiger partial charge is 0.145 e. The first-order chi connectivity index (χ1) is 11.4. The van der Waals surface area contributed by atoms with E-state index < -0.39 is 0 Å². The number of aromatic nitrogens is 3. The van der Waals surface area contributed by atoms with Gasteiger partial charge in [-0.1, -0.05) is 30.3 Å². The normalized spacial score (nSPS) is 12.5. The van der Waals surface area contributed by atoms with Crippen molar-refractivity contribution in [1.82, 2.24) is 14.5 Å². The van der Waals surface area contributed by atoms with E-state index in [0.29, 0.717) is 0 Å². The van der Waals surface area contributed by atoms with E-state index in [1.54, 1.807) is 0 Å². The number of nitrogens with zero attached hydrogens (tertiary/aromatic N) is 3. The summed E-state index contributed by atoms with van der Waals surface area (Å²) in [6.07, 6.45) is 1.83. The summed E-state index contributed by atoms with van der Waals surface area (Å²) in [6, 6.07) is 20.5. The molecule has 0 saturated carbocycles. The molecular formula is C19H14N4. The summed E-state index contributed by atoms with van der Waals surface area (Å²) >= 11 is 0. The average molecular weight is 298 g/mol. The number of fused-ring (bicyclic) bond motifs is 5. The largest absolute Gasteiger partial charge is 0.367 e. The van der Waals surface area contributed by atoms with Crippen LogP contribution in [0.25, 0.3) is 33.7 Å². The van der Waals surface area contributed by atoms with Gasteiger partial charge >= 0.3 is 0 Å². The van der Waals surface area contributed by atoms with Gasteiger partial charge in [-0.2, -0.15) is 0 Å². The maximum atomic E-state index is 4.88. The third-order valence-corrected chi connectivity index (χ3v) is 4.31. The fourth-order valence-corrected chi connectivity index (χ4v) is 3.27. The lowest BCUT2D eigenvalue weighted by atomic mass is 10.00. The zero-order chi connectivity index (χ0) is 15.2. The van der Waals surface area contributed by atoms with Gasteiger partial charge in [-0.15, -0.1) is 0 Å². The topological polar surface area (TPSA) is 42.7 Å². The van der Waals surface area contributed by atoms with Crippen molar-refractivity contribution in [3.8, 4) is 22.6 Å². The van der Waals surface area contributed by atoms with E-state index in [0.717, 1.165) is 46.0 Å². The Hall–Kier alpha value is -3.14. The summed E-state index contributed by atoms with van der Waals surface area (Å²) in [6.45, 7) is 0.731. The van der Waals surface area contributed by atoms with Crippen LogP contribution in [0.1, 0.15) is 0 Å². The molecule has 5 rings (SSSR count). The Morgan fingerprint density at radius 3 is 2.74 bits per heavy atom. The molecule has 1 aliphatic rings. The van der Waals surface area contributed by atoms with Gasteiger partial charge in [-0.3, -0.25) is 4.98 Å². The van der Waals surface area contributed by atoms with Crippen molar-refractivity contribution in [2.45, 2.75) is 6.67 Å². The zero-order valence-electron chi connectivity index (χ0n) is 12.4. The van der Waals surface area contributed by atoms with Crippen LogP contribution >= 0.6 is 0 Å². The van der Waals surface area contributed by atoms with Crippen molar-refractivity contribution < 1.29 is 0 Å². The fraction of sp³-hybridized carbons (Fsp3) is 0.0526. The Bertz CT molecular complexity index is 1020. The van der Waals surface area contributed by atoms with Gasteiger partial charge in [0.15, 0.2) is 0 Å². The van der Waals surface area contributed by atoms with Crippen LogP contribution in [0.2, 0.25) is 0 Å². The molecule has 4 nitrogen and oxygen atoms in total. The number of rotatable bonds is 1. The predicted octanol–water partition coefficient (Wildman–Crippen LogP) is 4.15. The molecule has 2 aromatic heterocycles. The molecule has 4 heteroatoms. The van der Waals surface area contributed by atoms with E-state index in [4.69, 9.17) is 4.98 Å². The molecule has 0 spiro atoms.